The minimum absolute atomic E-state index is 0.130. The highest BCUT2D eigenvalue weighted by Gasteiger charge is 2.53. The molecule has 2 saturated carbocycles. The molecular formula is C29H27NO2. The fraction of sp³-hybridized carbons (Fsp3) is 0.276. The molecule has 3 unspecified atom stereocenters. The lowest BCUT2D eigenvalue weighted by Crippen LogP contribution is -2.34. The summed E-state index contributed by atoms with van der Waals surface area (Å²) in [5.41, 5.74) is 4.08. The van der Waals surface area contributed by atoms with Crippen LogP contribution in [-0.2, 0) is 12.0 Å². The van der Waals surface area contributed by atoms with E-state index in [0.717, 1.165) is 40.2 Å². The van der Waals surface area contributed by atoms with Crippen molar-refractivity contribution in [1.82, 2.24) is 4.98 Å². The zero-order chi connectivity index (χ0) is 21.5. The second-order valence-corrected chi connectivity index (χ2v) is 9.38. The van der Waals surface area contributed by atoms with Gasteiger partial charge in [0.05, 0.1) is 11.2 Å². The van der Waals surface area contributed by atoms with Crippen LogP contribution in [0, 0.1) is 11.8 Å². The Morgan fingerprint density at radius 2 is 1.75 bits per heavy atom. The maximum atomic E-state index is 11.0. The average Bonchev–Trinajstić information content (AvgIpc) is 3.46. The van der Waals surface area contributed by atoms with Crippen LogP contribution in [0.3, 0.4) is 0 Å². The molecule has 4 aromatic rings. The van der Waals surface area contributed by atoms with Crippen molar-refractivity contribution in [2.75, 3.05) is 0 Å². The number of hydrogen-bond donors (Lipinski definition) is 1. The first-order valence-electron chi connectivity index (χ1n) is 11.6. The Labute approximate surface area is 188 Å². The highest BCUT2D eigenvalue weighted by Crippen LogP contribution is 2.61. The number of fused-ring (bicyclic) bond motifs is 3. The first-order valence-corrected chi connectivity index (χ1v) is 11.6. The molecule has 3 aromatic carbocycles. The number of hydrogen-bond acceptors (Lipinski definition) is 3. The highest BCUT2D eigenvalue weighted by molar-refractivity contribution is 5.78. The molecule has 3 atom stereocenters. The zero-order valence-corrected chi connectivity index (χ0v) is 18.1. The van der Waals surface area contributed by atoms with Gasteiger partial charge in [-0.25, -0.2) is 4.98 Å². The second-order valence-electron chi connectivity index (χ2n) is 9.38. The molecule has 1 N–H and O–H groups in total. The van der Waals surface area contributed by atoms with E-state index >= 15 is 0 Å². The lowest BCUT2D eigenvalue weighted by atomic mass is 9.64. The highest BCUT2D eigenvalue weighted by atomic mass is 16.5. The summed E-state index contributed by atoms with van der Waals surface area (Å²) < 4.78 is 6.18. The van der Waals surface area contributed by atoms with Crippen LogP contribution in [0.1, 0.15) is 42.5 Å². The Balaban J connectivity index is 1.34. The van der Waals surface area contributed by atoms with Crippen molar-refractivity contribution in [1.29, 1.82) is 0 Å². The molecule has 0 amide bonds. The molecule has 160 valence electrons. The van der Waals surface area contributed by atoms with Crippen molar-refractivity contribution in [2.45, 2.75) is 37.7 Å². The van der Waals surface area contributed by atoms with Crippen LogP contribution >= 0.6 is 0 Å². The average molecular weight is 422 g/mol. The Hall–Kier alpha value is -3.33. The molecule has 3 nitrogen and oxygen atoms in total. The van der Waals surface area contributed by atoms with Crippen molar-refractivity contribution in [3.05, 3.63) is 102 Å². The summed E-state index contributed by atoms with van der Waals surface area (Å²) in [6.07, 6.45) is 4.89. The number of ether oxygens (including phenoxy) is 1. The van der Waals surface area contributed by atoms with E-state index in [1.54, 1.807) is 6.07 Å². The van der Waals surface area contributed by atoms with Crippen LogP contribution in [-0.4, -0.2) is 10.1 Å². The number of pyridine rings is 1. The van der Waals surface area contributed by atoms with Gasteiger partial charge in [0.25, 0.3) is 0 Å². The maximum Gasteiger partial charge on any atom is 0.130 e. The summed E-state index contributed by atoms with van der Waals surface area (Å²) >= 11 is 0. The van der Waals surface area contributed by atoms with Crippen LogP contribution in [0.5, 0.6) is 11.5 Å². The minimum atomic E-state index is -0.130. The quantitative estimate of drug-likeness (QED) is 0.393. The van der Waals surface area contributed by atoms with E-state index in [1.807, 2.05) is 30.3 Å². The Kier molecular flexibility index (Phi) is 4.64. The summed E-state index contributed by atoms with van der Waals surface area (Å²) in [5.74, 6) is 2.47. The summed E-state index contributed by atoms with van der Waals surface area (Å²) in [7, 11) is 0. The Bertz CT molecular complexity index is 1270. The molecule has 1 aromatic heterocycles. The van der Waals surface area contributed by atoms with E-state index in [0.29, 0.717) is 18.3 Å². The van der Waals surface area contributed by atoms with Crippen molar-refractivity contribution < 1.29 is 9.84 Å². The molecule has 2 fully saturated rings. The van der Waals surface area contributed by atoms with E-state index in [1.165, 1.54) is 24.8 Å². The van der Waals surface area contributed by atoms with Crippen molar-refractivity contribution in [2.24, 2.45) is 11.8 Å². The summed E-state index contributed by atoms with van der Waals surface area (Å²) in [4.78, 5) is 4.73. The molecule has 32 heavy (non-hydrogen) atoms. The molecule has 6 rings (SSSR count). The molecule has 2 aliphatic carbocycles. The molecule has 3 heteroatoms. The summed E-state index contributed by atoms with van der Waals surface area (Å²) in [6, 6.07) is 28.7. The first kappa shape index (κ1) is 19.4. The largest absolute Gasteiger partial charge is 0.508 e. The van der Waals surface area contributed by atoms with Gasteiger partial charge in [-0.05, 0) is 67.0 Å². The van der Waals surface area contributed by atoms with Crippen molar-refractivity contribution in [3.8, 4) is 11.5 Å². The third kappa shape index (κ3) is 3.15. The number of para-hydroxylation sites is 1. The molecule has 2 aliphatic rings. The standard InChI is InChI=1S/C29H27NO2/c31-28-15-14-25(32-19-24-13-11-21-6-4-5-9-27(21)30-24)17-26(28)29(22-7-2-1-3-8-22)18-20-10-12-23(29)16-20/h1-9,11,13-15,17,20,23,31H,10,12,16,18-19H2. The summed E-state index contributed by atoms with van der Waals surface area (Å²) in [6.45, 7) is 0.402. The van der Waals surface area contributed by atoms with Gasteiger partial charge in [-0.1, -0.05) is 61.0 Å². The van der Waals surface area contributed by atoms with E-state index in [-0.39, 0.29) is 5.41 Å². The number of phenolic OH excluding ortho intramolecular Hbond substituents is 1. The zero-order valence-electron chi connectivity index (χ0n) is 18.1. The van der Waals surface area contributed by atoms with E-state index in [4.69, 9.17) is 9.72 Å². The van der Waals surface area contributed by atoms with Crippen LogP contribution < -0.4 is 4.74 Å². The Morgan fingerprint density at radius 3 is 2.56 bits per heavy atom. The van der Waals surface area contributed by atoms with Crippen LogP contribution in [0.15, 0.2) is 84.9 Å². The lowest BCUT2D eigenvalue weighted by molar-refractivity contribution is 0.290. The van der Waals surface area contributed by atoms with Gasteiger partial charge >= 0.3 is 0 Å². The predicted octanol–water partition coefficient (Wildman–Crippen LogP) is 6.63. The van der Waals surface area contributed by atoms with Gasteiger partial charge in [-0.15, -0.1) is 0 Å². The number of aromatic hydroxyl groups is 1. The molecule has 1 heterocycles. The number of benzene rings is 3. The van der Waals surface area contributed by atoms with Gasteiger partial charge in [-0.2, -0.15) is 0 Å². The summed E-state index contributed by atoms with van der Waals surface area (Å²) in [5, 5.41) is 12.1. The molecule has 0 saturated heterocycles. The third-order valence-corrected chi connectivity index (χ3v) is 7.63. The van der Waals surface area contributed by atoms with Gasteiger partial charge in [0.1, 0.15) is 18.1 Å². The second kappa shape index (κ2) is 7.67. The van der Waals surface area contributed by atoms with Crippen molar-refractivity contribution in [3.63, 3.8) is 0 Å². The number of nitrogens with zero attached hydrogens (tertiary/aromatic N) is 1. The van der Waals surface area contributed by atoms with Crippen molar-refractivity contribution >= 4 is 10.9 Å². The van der Waals surface area contributed by atoms with Crippen LogP contribution in [0.4, 0.5) is 0 Å². The number of phenols is 1. The molecule has 0 radical (unpaired) electrons. The normalized spacial score (nSPS) is 24.1. The Morgan fingerprint density at radius 1 is 0.906 bits per heavy atom. The van der Waals surface area contributed by atoms with E-state index < -0.39 is 0 Å². The topological polar surface area (TPSA) is 42.4 Å². The fourth-order valence-corrected chi connectivity index (χ4v) is 6.21. The SMILES string of the molecule is Oc1ccc(OCc2ccc3ccccc3n2)cc1C1(c2ccccc2)CC2CCC1C2. The van der Waals surface area contributed by atoms with Crippen LogP contribution in [0.2, 0.25) is 0 Å². The van der Waals surface area contributed by atoms with Gasteiger partial charge in [0.15, 0.2) is 0 Å². The van der Waals surface area contributed by atoms with E-state index in [9.17, 15) is 5.11 Å². The van der Waals surface area contributed by atoms with Gasteiger partial charge in [-0.3, -0.25) is 0 Å². The van der Waals surface area contributed by atoms with Gasteiger partial charge < -0.3 is 9.84 Å². The first-order chi connectivity index (χ1) is 15.7. The molecular weight excluding hydrogens is 394 g/mol. The molecule has 0 aliphatic heterocycles. The van der Waals surface area contributed by atoms with Gasteiger partial charge in [0.2, 0.25) is 0 Å². The predicted molar refractivity (Wildman–Crippen MR) is 127 cm³/mol. The third-order valence-electron chi connectivity index (χ3n) is 7.63. The van der Waals surface area contributed by atoms with Gasteiger partial charge in [0, 0.05) is 16.4 Å². The fourth-order valence-electron chi connectivity index (χ4n) is 6.21. The maximum absolute atomic E-state index is 11.0. The van der Waals surface area contributed by atoms with Crippen LogP contribution in [0.25, 0.3) is 10.9 Å². The number of rotatable bonds is 5. The smallest absolute Gasteiger partial charge is 0.130 e. The minimum Gasteiger partial charge on any atom is -0.508 e. The number of aromatic nitrogens is 1. The molecule has 0 spiro atoms. The van der Waals surface area contributed by atoms with E-state index in [2.05, 4.69) is 48.5 Å². The molecule has 2 bridgehead atoms. The monoisotopic (exact) mass is 421 g/mol. The lowest BCUT2D eigenvalue weighted by Gasteiger charge is -2.39.